The molecule has 0 aromatic rings. The third kappa shape index (κ3) is 5.13. The number of piperidine rings is 1. The first-order valence-electron chi connectivity index (χ1n) is 7.65. The van der Waals surface area contributed by atoms with Crippen molar-refractivity contribution in [3.8, 4) is 0 Å². The van der Waals surface area contributed by atoms with Crippen LogP contribution in [0.25, 0.3) is 0 Å². The van der Waals surface area contributed by atoms with Crippen LogP contribution in [0.3, 0.4) is 0 Å². The summed E-state index contributed by atoms with van der Waals surface area (Å²) in [5.41, 5.74) is -0.550. The van der Waals surface area contributed by atoms with Gasteiger partial charge in [-0.25, -0.2) is 4.79 Å². The molecule has 1 amide bonds. The molecule has 1 fully saturated rings. The lowest BCUT2D eigenvalue weighted by molar-refractivity contribution is -0.260. The number of likely N-dealkylation sites (tertiary alicyclic amines) is 1. The molecule has 0 aromatic heterocycles. The quantitative estimate of drug-likeness (QED) is 0.788. The average Bonchev–Trinajstić information content (AvgIpc) is 2.37. The number of rotatable bonds is 5. The standard InChI is InChI=1S/C15H29NO5/c1-6-19-15(20-7-2)8-9-16(12(10-15)11-17)13(18)21-14(3,4)5/h12,17H,6-11H2,1-5H3/t12-/m1/s1. The predicted octanol–water partition coefficient (Wildman–Crippen LogP) is 2.15. The number of carbonyl (C=O) groups is 1. The highest BCUT2D eigenvalue weighted by Gasteiger charge is 2.43. The molecule has 1 rings (SSSR count). The van der Waals surface area contributed by atoms with Crippen LogP contribution >= 0.6 is 0 Å². The van der Waals surface area contributed by atoms with E-state index in [4.69, 9.17) is 14.2 Å². The van der Waals surface area contributed by atoms with E-state index in [1.165, 1.54) is 0 Å². The van der Waals surface area contributed by atoms with Gasteiger partial charge in [0, 0.05) is 32.6 Å². The number of hydrogen-bond donors (Lipinski definition) is 1. The minimum atomic E-state index is -0.713. The van der Waals surface area contributed by atoms with Crippen molar-refractivity contribution in [3.05, 3.63) is 0 Å². The summed E-state index contributed by atoms with van der Waals surface area (Å²) in [5.74, 6) is -0.713. The zero-order valence-corrected chi connectivity index (χ0v) is 13.8. The molecule has 0 unspecified atom stereocenters. The topological polar surface area (TPSA) is 68.2 Å². The van der Waals surface area contributed by atoms with Crippen LogP contribution in [-0.2, 0) is 14.2 Å². The highest BCUT2D eigenvalue weighted by Crippen LogP contribution is 2.32. The van der Waals surface area contributed by atoms with Gasteiger partial charge in [0.15, 0.2) is 5.79 Å². The molecule has 1 aliphatic rings. The van der Waals surface area contributed by atoms with Gasteiger partial charge in [-0.15, -0.1) is 0 Å². The summed E-state index contributed by atoms with van der Waals surface area (Å²) in [4.78, 5) is 13.8. The van der Waals surface area contributed by atoms with Gasteiger partial charge in [0.1, 0.15) is 5.60 Å². The molecule has 1 saturated heterocycles. The van der Waals surface area contributed by atoms with Gasteiger partial charge in [-0.05, 0) is 34.6 Å². The smallest absolute Gasteiger partial charge is 0.410 e. The third-order valence-electron chi connectivity index (χ3n) is 3.37. The lowest BCUT2D eigenvalue weighted by Crippen LogP contribution is -2.56. The van der Waals surface area contributed by atoms with E-state index >= 15 is 0 Å². The minimum absolute atomic E-state index is 0.138. The number of aliphatic hydroxyl groups excluding tert-OH is 1. The van der Waals surface area contributed by atoms with E-state index in [2.05, 4.69) is 0 Å². The number of ether oxygens (including phenoxy) is 3. The summed E-state index contributed by atoms with van der Waals surface area (Å²) < 4.78 is 16.9. The number of aliphatic hydroxyl groups is 1. The van der Waals surface area contributed by atoms with Crippen molar-refractivity contribution in [2.75, 3.05) is 26.4 Å². The molecule has 0 aliphatic carbocycles. The lowest BCUT2D eigenvalue weighted by Gasteiger charge is -2.45. The Labute approximate surface area is 127 Å². The van der Waals surface area contributed by atoms with Gasteiger partial charge in [-0.2, -0.15) is 0 Å². The van der Waals surface area contributed by atoms with Crippen molar-refractivity contribution in [1.82, 2.24) is 4.90 Å². The van der Waals surface area contributed by atoms with Crippen molar-refractivity contribution in [1.29, 1.82) is 0 Å². The predicted molar refractivity (Wildman–Crippen MR) is 79.0 cm³/mol. The molecule has 0 aromatic carbocycles. The molecular formula is C15H29NO5. The van der Waals surface area contributed by atoms with Crippen molar-refractivity contribution in [3.63, 3.8) is 0 Å². The molecule has 0 radical (unpaired) electrons. The third-order valence-corrected chi connectivity index (χ3v) is 3.37. The Morgan fingerprint density at radius 1 is 1.29 bits per heavy atom. The van der Waals surface area contributed by atoms with Crippen LogP contribution in [0.4, 0.5) is 4.79 Å². The van der Waals surface area contributed by atoms with Crippen LogP contribution in [0.5, 0.6) is 0 Å². The Balaban J connectivity index is 2.78. The van der Waals surface area contributed by atoms with Gasteiger partial charge in [0.25, 0.3) is 0 Å². The number of nitrogens with zero attached hydrogens (tertiary/aromatic N) is 1. The fourth-order valence-electron chi connectivity index (χ4n) is 2.60. The van der Waals surface area contributed by atoms with Gasteiger partial charge < -0.3 is 24.2 Å². The zero-order chi connectivity index (χ0) is 16.1. The molecule has 1 heterocycles. The Morgan fingerprint density at radius 2 is 1.86 bits per heavy atom. The highest BCUT2D eigenvalue weighted by atomic mass is 16.7. The van der Waals surface area contributed by atoms with Gasteiger partial charge in [-0.3, -0.25) is 0 Å². The largest absolute Gasteiger partial charge is 0.444 e. The van der Waals surface area contributed by atoms with Crippen LogP contribution in [0.2, 0.25) is 0 Å². The van der Waals surface area contributed by atoms with Crippen LogP contribution < -0.4 is 0 Å². The van der Waals surface area contributed by atoms with Crippen molar-refractivity contribution >= 4 is 6.09 Å². The summed E-state index contributed by atoms with van der Waals surface area (Å²) in [5, 5.41) is 9.62. The average molecular weight is 303 g/mol. The number of carbonyl (C=O) groups excluding carboxylic acids is 1. The fraction of sp³-hybridized carbons (Fsp3) is 0.933. The van der Waals surface area contributed by atoms with Crippen LogP contribution in [0.15, 0.2) is 0 Å². The summed E-state index contributed by atoms with van der Waals surface area (Å²) in [7, 11) is 0. The van der Waals surface area contributed by atoms with E-state index in [0.717, 1.165) is 0 Å². The lowest BCUT2D eigenvalue weighted by atomic mass is 9.96. The maximum Gasteiger partial charge on any atom is 0.410 e. The fourth-order valence-corrected chi connectivity index (χ4v) is 2.60. The Kier molecular flexibility index (Phi) is 6.43. The van der Waals surface area contributed by atoms with Crippen LogP contribution in [0.1, 0.15) is 47.5 Å². The van der Waals surface area contributed by atoms with Crippen LogP contribution in [0, 0.1) is 0 Å². The molecule has 1 aliphatic heterocycles. The molecule has 0 saturated carbocycles. The molecular weight excluding hydrogens is 274 g/mol. The molecule has 0 bridgehead atoms. The number of amides is 1. The monoisotopic (exact) mass is 303 g/mol. The number of hydrogen-bond acceptors (Lipinski definition) is 5. The van der Waals surface area contributed by atoms with E-state index in [1.807, 2.05) is 34.6 Å². The van der Waals surface area contributed by atoms with Gasteiger partial charge >= 0.3 is 6.09 Å². The first kappa shape index (κ1) is 18.2. The van der Waals surface area contributed by atoms with Crippen molar-refractivity contribution < 1.29 is 24.1 Å². The molecule has 124 valence electrons. The Bertz CT molecular complexity index is 333. The van der Waals surface area contributed by atoms with Crippen LogP contribution in [-0.4, -0.2) is 59.9 Å². The SMILES string of the molecule is CCOC1(OCC)CCN(C(=O)OC(C)(C)C)[C@@H](CO)C1. The van der Waals surface area contributed by atoms with E-state index in [-0.39, 0.29) is 12.6 Å². The summed E-state index contributed by atoms with van der Waals surface area (Å²) in [6, 6.07) is -0.355. The molecule has 1 N–H and O–H groups in total. The maximum atomic E-state index is 12.2. The van der Waals surface area contributed by atoms with Gasteiger partial charge in [-0.1, -0.05) is 0 Å². The zero-order valence-electron chi connectivity index (χ0n) is 13.8. The Hall–Kier alpha value is -0.850. The summed E-state index contributed by atoms with van der Waals surface area (Å²) >= 11 is 0. The molecule has 6 heteroatoms. The van der Waals surface area contributed by atoms with Crippen molar-refractivity contribution in [2.24, 2.45) is 0 Å². The summed E-state index contributed by atoms with van der Waals surface area (Å²) in [6.07, 6.45) is 0.623. The second-order valence-corrected chi connectivity index (χ2v) is 6.24. The van der Waals surface area contributed by atoms with E-state index in [0.29, 0.717) is 32.6 Å². The highest BCUT2D eigenvalue weighted by molar-refractivity contribution is 5.68. The maximum absolute atomic E-state index is 12.2. The van der Waals surface area contributed by atoms with E-state index in [1.54, 1.807) is 4.90 Å². The molecule has 0 spiro atoms. The summed E-state index contributed by atoms with van der Waals surface area (Å²) in [6.45, 7) is 10.7. The minimum Gasteiger partial charge on any atom is -0.444 e. The van der Waals surface area contributed by atoms with E-state index in [9.17, 15) is 9.90 Å². The normalized spacial score (nSPS) is 22.2. The Morgan fingerprint density at radius 3 is 2.29 bits per heavy atom. The van der Waals surface area contributed by atoms with Gasteiger partial charge in [0.05, 0.1) is 12.6 Å². The second kappa shape index (κ2) is 7.42. The second-order valence-electron chi connectivity index (χ2n) is 6.24. The van der Waals surface area contributed by atoms with Gasteiger partial charge in [0.2, 0.25) is 0 Å². The van der Waals surface area contributed by atoms with E-state index < -0.39 is 17.5 Å². The first-order chi connectivity index (χ1) is 9.77. The molecule has 6 nitrogen and oxygen atoms in total. The molecule has 1 atom stereocenters. The molecule has 21 heavy (non-hydrogen) atoms. The first-order valence-corrected chi connectivity index (χ1v) is 7.65. The van der Waals surface area contributed by atoms with Crippen molar-refractivity contribution in [2.45, 2.75) is 64.9 Å².